The Hall–Kier alpha value is -2.56. The van der Waals surface area contributed by atoms with Crippen LogP contribution in [0.3, 0.4) is 0 Å². The Labute approximate surface area is 141 Å². The second kappa shape index (κ2) is 7.13. The van der Waals surface area contributed by atoms with Crippen LogP contribution < -0.4 is 20.1 Å². The van der Waals surface area contributed by atoms with Crippen molar-refractivity contribution in [2.75, 3.05) is 18.4 Å². The van der Waals surface area contributed by atoms with Gasteiger partial charge in [-0.15, -0.1) is 0 Å². The molecule has 0 aliphatic carbocycles. The fourth-order valence-corrected chi connectivity index (χ4v) is 2.43. The first-order chi connectivity index (χ1) is 11.9. The van der Waals surface area contributed by atoms with Crippen LogP contribution in [0.25, 0.3) is 0 Å². The summed E-state index contributed by atoms with van der Waals surface area (Å²) in [5.41, 5.74) is -1.52. The highest BCUT2D eigenvalue weighted by molar-refractivity contribution is 5.52. The average Bonchev–Trinajstić information content (AvgIpc) is 2.96. The van der Waals surface area contributed by atoms with Gasteiger partial charge in [0.25, 0.3) is 0 Å². The fraction of sp³-hybridized carbons (Fsp3) is 0.500. The molecule has 1 fully saturated rings. The second-order valence-corrected chi connectivity index (χ2v) is 5.71. The third-order valence-electron chi connectivity index (χ3n) is 3.63. The molecule has 0 radical (unpaired) electrons. The van der Waals surface area contributed by atoms with Gasteiger partial charge in [0.05, 0.1) is 12.4 Å². The Bertz CT molecular complexity index is 711. The molecule has 0 aromatic carbocycles. The van der Waals surface area contributed by atoms with E-state index in [0.29, 0.717) is 13.0 Å². The monoisotopic (exact) mass is 358 g/mol. The van der Waals surface area contributed by atoms with Crippen LogP contribution in [0.15, 0.2) is 18.5 Å². The minimum absolute atomic E-state index is 0.153. The number of rotatable bonds is 6. The van der Waals surface area contributed by atoms with E-state index in [1.165, 1.54) is 25.4 Å². The van der Waals surface area contributed by atoms with E-state index in [2.05, 4.69) is 35.5 Å². The maximum atomic E-state index is 14.4. The molecular weight excluding hydrogens is 341 g/mol. The lowest BCUT2D eigenvalue weighted by Gasteiger charge is -2.34. The summed E-state index contributed by atoms with van der Waals surface area (Å²) in [6, 6.07) is 1.24. The van der Waals surface area contributed by atoms with Gasteiger partial charge in [0.15, 0.2) is 17.3 Å². The molecule has 8 nitrogen and oxygen atoms in total. The van der Waals surface area contributed by atoms with Crippen LogP contribution in [0, 0.1) is 0 Å². The van der Waals surface area contributed by atoms with Gasteiger partial charge in [-0.3, -0.25) is 4.98 Å². The lowest BCUT2D eigenvalue weighted by atomic mass is 9.95. The lowest BCUT2D eigenvalue weighted by Crippen LogP contribution is -2.53. The second-order valence-electron chi connectivity index (χ2n) is 5.71. The van der Waals surface area contributed by atoms with Crippen molar-refractivity contribution in [3.8, 4) is 11.8 Å². The number of alkyl halides is 3. The topological polar surface area (TPSA) is 97.0 Å². The van der Waals surface area contributed by atoms with Crippen molar-refractivity contribution in [2.24, 2.45) is 0 Å². The number of hydrogen-bond acceptors (Lipinski definition) is 7. The van der Waals surface area contributed by atoms with Crippen LogP contribution in [-0.2, 0) is 0 Å². The van der Waals surface area contributed by atoms with E-state index in [1.807, 2.05) is 0 Å². The summed E-state index contributed by atoms with van der Waals surface area (Å²) in [4.78, 5) is 8.14. The number of anilines is 2. The Morgan fingerprint density at radius 2 is 2.20 bits per heavy atom. The molecule has 136 valence electrons. The van der Waals surface area contributed by atoms with Crippen LogP contribution in [-0.4, -0.2) is 51.6 Å². The maximum Gasteiger partial charge on any atom is 0.388 e. The highest BCUT2D eigenvalue weighted by Crippen LogP contribution is 2.26. The number of piperidine rings is 1. The molecule has 1 aliphatic rings. The third-order valence-corrected chi connectivity index (χ3v) is 3.63. The minimum atomic E-state index is -2.95. The molecule has 1 saturated heterocycles. The Morgan fingerprint density at radius 3 is 2.96 bits per heavy atom. The maximum absolute atomic E-state index is 14.4. The van der Waals surface area contributed by atoms with Gasteiger partial charge >= 0.3 is 6.61 Å². The molecule has 0 saturated carbocycles. The summed E-state index contributed by atoms with van der Waals surface area (Å²) < 4.78 is 48.5. The smallest absolute Gasteiger partial charge is 0.388 e. The molecule has 0 spiro atoms. The van der Waals surface area contributed by atoms with E-state index >= 15 is 0 Å². The van der Waals surface area contributed by atoms with Gasteiger partial charge in [-0.25, -0.2) is 9.49 Å². The van der Waals surface area contributed by atoms with Crippen LogP contribution in [0.4, 0.5) is 24.8 Å². The van der Waals surface area contributed by atoms with Crippen molar-refractivity contribution in [1.29, 1.82) is 0 Å². The largest absolute Gasteiger partial charge is 0.470 e. The number of H-pyrrole nitrogens is 1. The number of nitrogens with one attached hydrogen (secondary N) is 3. The molecule has 3 heterocycles. The van der Waals surface area contributed by atoms with Crippen molar-refractivity contribution >= 4 is 11.6 Å². The van der Waals surface area contributed by atoms with Crippen molar-refractivity contribution in [1.82, 2.24) is 25.5 Å². The Morgan fingerprint density at radius 1 is 1.36 bits per heavy atom. The lowest BCUT2D eigenvalue weighted by molar-refractivity contribution is -0.0528. The van der Waals surface area contributed by atoms with Gasteiger partial charge in [-0.2, -0.15) is 18.9 Å². The molecule has 3 rings (SSSR count). The predicted octanol–water partition coefficient (Wildman–Crippen LogP) is 2.01. The van der Waals surface area contributed by atoms with Gasteiger partial charge in [0.1, 0.15) is 6.10 Å². The van der Waals surface area contributed by atoms with E-state index in [1.54, 1.807) is 0 Å². The minimum Gasteiger partial charge on any atom is -0.470 e. The van der Waals surface area contributed by atoms with Crippen LogP contribution in [0.2, 0.25) is 0 Å². The zero-order valence-electron chi connectivity index (χ0n) is 13.3. The number of aromatic amines is 1. The van der Waals surface area contributed by atoms with E-state index in [0.717, 1.165) is 0 Å². The number of aromatic nitrogens is 4. The van der Waals surface area contributed by atoms with Crippen LogP contribution in [0.5, 0.6) is 11.8 Å². The summed E-state index contributed by atoms with van der Waals surface area (Å²) in [6.45, 7) is -0.642. The SMILES string of the molecule is C[C@]1(F)CNCC[C@H]1Oc1cncc(Nc2cc(OC(F)F)[nH]n2)n1. The molecule has 2 aromatic rings. The highest BCUT2D eigenvalue weighted by Gasteiger charge is 2.38. The first-order valence-corrected chi connectivity index (χ1v) is 7.58. The zero-order valence-corrected chi connectivity index (χ0v) is 13.3. The van der Waals surface area contributed by atoms with Gasteiger partial charge in [-0.05, 0) is 13.5 Å². The van der Waals surface area contributed by atoms with Crippen molar-refractivity contribution in [3.05, 3.63) is 18.5 Å². The molecule has 25 heavy (non-hydrogen) atoms. The standard InChI is InChI=1S/C14H17F3N6O2/c1-14(17)7-18-3-2-8(14)24-12-6-19-5-10(21-12)20-9-4-11(23-22-9)25-13(15)16/h4-6,8,13,18H,2-3,7H2,1H3,(H2,20,21,22,23)/t8-,14+/m1/s1. The molecule has 1 aliphatic heterocycles. The Kier molecular flexibility index (Phi) is 4.93. The molecule has 0 amide bonds. The number of hydrogen-bond donors (Lipinski definition) is 3. The van der Waals surface area contributed by atoms with Crippen molar-refractivity contribution < 1.29 is 22.6 Å². The number of halogens is 3. The molecule has 0 bridgehead atoms. The summed E-state index contributed by atoms with van der Waals surface area (Å²) in [7, 11) is 0. The van der Waals surface area contributed by atoms with Gasteiger partial charge in [0.2, 0.25) is 11.8 Å². The van der Waals surface area contributed by atoms with Gasteiger partial charge in [-0.1, -0.05) is 0 Å². The Balaban J connectivity index is 1.66. The normalized spacial score (nSPS) is 23.5. The molecule has 0 unspecified atom stereocenters. The van der Waals surface area contributed by atoms with E-state index in [4.69, 9.17) is 4.74 Å². The summed E-state index contributed by atoms with van der Waals surface area (Å²) >= 11 is 0. The third kappa shape index (κ3) is 4.50. The molecule has 11 heteroatoms. The summed E-state index contributed by atoms with van der Waals surface area (Å²) in [5.74, 6) is 0.433. The van der Waals surface area contributed by atoms with E-state index in [-0.39, 0.29) is 29.9 Å². The first kappa shape index (κ1) is 17.3. The zero-order chi connectivity index (χ0) is 17.9. The summed E-state index contributed by atoms with van der Waals surface area (Å²) in [6.07, 6.45) is 2.63. The van der Waals surface area contributed by atoms with Gasteiger partial charge < -0.3 is 20.1 Å². The molecular formula is C14H17F3N6O2. The van der Waals surface area contributed by atoms with Gasteiger partial charge in [0, 0.05) is 19.0 Å². The molecule has 2 aromatic heterocycles. The summed E-state index contributed by atoms with van der Waals surface area (Å²) in [5, 5.41) is 11.8. The fourth-order valence-electron chi connectivity index (χ4n) is 2.43. The highest BCUT2D eigenvalue weighted by atomic mass is 19.3. The predicted molar refractivity (Wildman–Crippen MR) is 82.0 cm³/mol. The number of ether oxygens (including phenoxy) is 2. The number of nitrogens with zero attached hydrogens (tertiary/aromatic N) is 3. The first-order valence-electron chi connectivity index (χ1n) is 7.58. The van der Waals surface area contributed by atoms with E-state index < -0.39 is 18.4 Å². The average molecular weight is 358 g/mol. The van der Waals surface area contributed by atoms with E-state index in [9.17, 15) is 13.2 Å². The quantitative estimate of drug-likeness (QED) is 0.727. The van der Waals surface area contributed by atoms with Crippen LogP contribution in [0.1, 0.15) is 13.3 Å². The van der Waals surface area contributed by atoms with Crippen molar-refractivity contribution in [2.45, 2.75) is 31.7 Å². The van der Waals surface area contributed by atoms with Crippen molar-refractivity contribution in [3.63, 3.8) is 0 Å². The molecule has 3 N–H and O–H groups in total. The van der Waals surface area contributed by atoms with Crippen LogP contribution >= 0.6 is 0 Å². The molecule has 2 atom stereocenters.